The van der Waals surface area contributed by atoms with Gasteiger partial charge in [0.15, 0.2) is 0 Å². The first-order chi connectivity index (χ1) is 14.9. The van der Waals surface area contributed by atoms with Crippen LogP contribution < -0.4 is 0 Å². The van der Waals surface area contributed by atoms with Crippen LogP contribution in [0.4, 0.5) is 0 Å². The molecule has 0 aliphatic carbocycles. The van der Waals surface area contributed by atoms with Crippen LogP contribution in [0.2, 0.25) is 0 Å². The van der Waals surface area contributed by atoms with Gasteiger partial charge in [-0.15, -0.1) is 0 Å². The lowest BCUT2D eigenvalue weighted by atomic mass is 9.91. The second-order valence-corrected chi connectivity index (χ2v) is 4.51. The molecule has 0 spiro atoms. The summed E-state index contributed by atoms with van der Waals surface area (Å²) >= 11 is 0. The fourth-order valence-electron chi connectivity index (χ4n) is 2.11. The largest absolute Gasteiger partial charge is 0.384 e. The van der Waals surface area contributed by atoms with Gasteiger partial charge >= 0.3 is 0 Å². The molecule has 0 aliphatic rings. The Bertz CT molecular complexity index is 1080. The first-order valence-corrected chi connectivity index (χ1v) is 6.50. The molecule has 0 saturated heterocycles. The van der Waals surface area contributed by atoms with Gasteiger partial charge in [0.25, 0.3) is 0 Å². The Labute approximate surface area is 144 Å². The van der Waals surface area contributed by atoms with Crippen molar-refractivity contribution in [3.05, 3.63) is 107 Å². The van der Waals surface area contributed by atoms with Gasteiger partial charge in [0.2, 0.25) is 0 Å². The highest BCUT2D eigenvalue weighted by molar-refractivity contribution is 5.40. The highest BCUT2D eigenvalue weighted by atomic mass is 16.3. The van der Waals surface area contributed by atoms with Crippen molar-refractivity contribution >= 4 is 0 Å². The number of aliphatic hydroxyl groups is 2. The van der Waals surface area contributed by atoms with E-state index in [0.29, 0.717) is 0 Å². The van der Waals surface area contributed by atoms with Crippen LogP contribution in [0.3, 0.4) is 0 Å². The molecule has 2 atom stereocenters. The monoisotopic (exact) mass is 300 g/mol. The van der Waals surface area contributed by atoms with Gasteiger partial charge < -0.3 is 10.2 Å². The van der Waals surface area contributed by atoms with Gasteiger partial charge in [0, 0.05) is 0 Å². The Morgan fingerprint density at radius 1 is 0.636 bits per heavy atom. The maximum Gasteiger partial charge on any atom is 0.104 e. The molecule has 3 aromatic carbocycles. The Morgan fingerprint density at radius 2 is 1.00 bits per heavy atom. The van der Waals surface area contributed by atoms with Crippen molar-refractivity contribution in [2.24, 2.45) is 0 Å². The lowest BCUT2D eigenvalue weighted by Gasteiger charge is -2.20. The topological polar surface area (TPSA) is 40.5 Å². The van der Waals surface area contributed by atoms with Crippen LogP contribution in [-0.4, -0.2) is 10.2 Å². The third-order valence-corrected chi connectivity index (χ3v) is 3.17. The molecule has 0 radical (unpaired) electrons. The van der Waals surface area contributed by atoms with E-state index >= 15 is 0 Å². The van der Waals surface area contributed by atoms with Crippen molar-refractivity contribution in [1.82, 2.24) is 0 Å². The third-order valence-electron chi connectivity index (χ3n) is 3.17. The van der Waals surface area contributed by atoms with E-state index in [-0.39, 0.29) is 11.1 Å². The van der Waals surface area contributed by atoms with Crippen LogP contribution in [-0.2, 0) is 0 Å². The predicted molar refractivity (Wildman–Crippen MR) is 87.4 cm³/mol. The van der Waals surface area contributed by atoms with E-state index in [1.54, 1.807) is 0 Å². The summed E-state index contributed by atoms with van der Waals surface area (Å²) in [5, 5.41) is 22.0. The standard InChI is InChI=1S/C20H18O2/c21-19(15-9-3-1-4-10-15)17-13-7-8-14-18(17)20(22)16-11-5-2-6-12-16/h1-14,19-22H/i1D,2D,3D,4D,5D,6D,9D,10D,11D,12D. The van der Waals surface area contributed by atoms with E-state index in [1.165, 1.54) is 24.3 Å². The van der Waals surface area contributed by atoms with Crippen molar-refractivity contribution in [1.29, 1.82) is 0 Å². The molecule has 3 aromatic rings. The minimum Gasteiger partial charge on any atom is -0.384 e. The molecule has 2 unspecified atom stereocenters. The predicted octanol–water partition coefficient (Wildman–Crippen LogP) is 3.85. The summed E-state index contributed by atoms with van der Waals surface area (Å²) in [6.07, 6.45) is -3.50. The molecule has 2 heteroatoms. The molecule has 110 valence electrons. The first-order valence-electron chi connectivity index (χ1n) is 11.5. The maximum absolute atomic E-state index is 11.0. The average molecular weight is 300 g/mol. The fraction of sp³-hybridized carbons (Fsp3) is 0.100. The van der Waals surface area contributed by atoms with Crippen LogP contribution in [0.5, 0.6) is 0 Å². The number of hydrogen-bond acceptors (Lipinski definition) is 2. The molecule has 2 nitrogen and oxygen atoms in total. The van der Waals surface area contributed by atoms with Crippen LogP contribution in [0, 0.1) is 0 Å². The quantitative estimate of drug-likeness (QED) is 0.768. The molecule has 2 N–H and O–H groups in total. The Balaban J connectivity index is 2.23. The highest BCUT2D eigenvalue weighted by Crippen LogP contribution is 2.31. The molecule has 0 bridgehead atoms. The lowest BCUT2D eigenvalue weighted by Crippen LogP contribution is -2.08. The van der Waals surface area contributed by atoms with E-state index in [9.17, 15) is 10.2 Å². The zero-order valence-electron chi connectivity index (χ0n) is 21.4. The molecular weight excluding hydrogens is 272 g/mol. The Kier molecular flexibility index (Phi) is 2.02. The van der Waals surface area contributed by atoms with Gasteiger partial charge in [-0.05, 0) is 22.3 Å². The Hall–Kier alpha value is -2.42. The maximum atomic E-state index is 11.0. The van der Waals surface area contributed by atoms with Crippen molar-refractivity contribution in [2.75, 3.05) is 0 Å². The fourth-order valence-corrected chi connectivity index (χ4v) is 2.11. The molecule has 0 amide bonds. The average Bonchev–Trinajstić information content (AvgIpc) is 2.78. The Morgan fingerprint density at radius 3 is 1.36 bits per heavy atom. The molecule has 0 saturated carbocycles. The molecule has 0 aromatic heterocycles. The summed E-state index contributed by atoms with van der Waals surface area (Å²) in [4.78, 5) is 0. The zero-order chi connectivity index (χ0) is 24.1. The summed E-state index contributed by atoms with van der Waals surface area (Å²) < 4.78 is 79.0. The SMILES string of the molecule is [2H]c1c([2H])c([2H])c(C(O)c2ccccc2C(O)c2c([2H])c([2H])c([2H])c([2H])c2[2H])c([2H])c1[2H]. The summed E-state index contributed by atoms with van der Waals surface area (Å²) in [7, 11) is 0. The summed E-state index contributed by atoms with van der Waals surface area (Å²) in [6.45, 7) is 0. The van der Waals surface area contributed by atoms with Gasteiger partial charge in [-0.1, -0.05) is 84.7 Å². The zero-order valence-corrected chi connectivity index (χ0v) is 11.4. The van der Waals surface area contributed by atoms with Crippen LogP contribution in [0.25, 0.3) is 0 Å². The summed E-state index contributed by atoms with van der Waals surface area (Å²) in [6, 6.07) is -0.541. The van der Waals surface area contributed by atoms with E-state index in [2.05, 4.69) is 0 Å². The smallest absolute Gasteiger partial charge is 0.104 e. The van der Waals surface area contributed by atoms with Crippen molar-refractivity contribution < 1.29 is 23.9 Å². The normalized spacial score (nSPS) is 19.9. The van der Waals surface area contributed by atoms with Gasteiger partial charge in [0.05, 0.1) is 13.7 Å². The number of aliphatic hydroxyl groups excluding tert-OH is 2. The van der Waals surface area contributed by atoms with Gasteiger partial charge in [-0.25, -0.2) is 0 Å². The molecule has 3 rings (SSSR count). The highest BCUT2D eigenvalue weighted by Gasteiger charge is 2.19. The van der Waals surface area contributed by atoms with E-state index < -0.39 is 83.8 Å². The lowest BCUT2D eigenvalue weighted by molar-refractivity contribution is 0.197. The first kappa shape index (κ1) is 6.78. The van der Waals surface area contributed by atoms with E-state index in [0.717, 1.165) is 0 Å². The molecule has 0 aliphatic heterocycles. The van der Waals surface area contributed by atoms with Crippen LogP contribution >= 0.6 is 0 Å². The summed E-state index contributed by atoms with van der Waals surface area (Å²) in [5.41, 5.74) is -0.885. The number of rotatable bonds is 4. The molecule has 22 heavy (non-hydrogen) atoms. The van der Waals surface area contributed by atoms with Crippen molar-refractivity contribution in [3.8, 4) is 0 Å². The van der Waals surface area contributed by atoms with Crippen molar-refractivity contribution in [2.45, 2.75) is 12.2 Å². The minimum atomic E-state index is -1.75. The summed E-state index contributed by atoms with van der Waals surface area (Å²) in [5.74, 6) is 0. The minimum absolute atomic E-state index is 0.0367. The second kappa shape index (κ2) is 6.56. The van der Waals surface area contributed by atoms with Gasteiger partial charge in [-0.3, -0.25) is 0 Å². The van der Waals surface area contributed by atoms with Gasteiger partial charge in [0.1, 0.15) is 12.2 Å². The number of benzene rings is 3. The van der Waals surface area contributed by atoms with Gasteiger partial charge in [-0.2, -0.15) is 0 Å². The third kappa shape index (κ3) is 2.93. The number of hydrogen-bond donors (Lipinski definition) is 2. The molecular formula is C20H18O2. The van der Waals surface area contributed by atoms with Crippen LogP contribution in [0.15, 0.2) is 84.7 Å². The van der Waals surface area contributed by atoms with Crippen LogP contribution in [0.1, 0.15) is 48.2 Å². The molecule has 0 heterocycles. The van der Waals surface area contributed by atoms with E-state index in [1.807, 2.05) is 0 Å². The van der Waals surface area contributed by atoms with E-state index in [4.69, 9.17) is 13.7 Å². The second-order valence-electron chi connectivity index (χ2n) is 4.51. The molecule has 0 fully saturated rings. The van der Waals surface area contributed by atoms with Crippen molar-refractivity contribution in [3.63, 3.8) is 0 Å².